The minimum absolute atomic E-state index is 0.0605. The topological polar surface area (TPSA) is 23.5 Å². The Labute approximate surface area is 121 Å². The summed E-state index contributed by atoms with van der Waals surface area (Å²) in [7, 11) is 1.60. The number of aliphatic hydroxyl groups excluding tert-OH is 1. The number of aryl methyl sites for hydroxylation is 1. The van der Waals surface area contributed by atoms with Crippen molar-refractivity contribution in [2.45, 2.75) is 19.7 Å². The van der Waals surface area contributed by atoms with Crippen LogP contribution in [0.25, 0.3) is 0 Å². The van der Waals surface area contributed by atoms with Crippen LogP contribution in [-0.2, 0) is 12.8 Å². The van der Waals surface area contributed by atoms with E-state index in [4.69, 9.17) is 5.11 Å². The maximum Gasteiger partial charge on any atom is 0.418 e. The fraction of sp³-hybridized carbons (Fsp3) is 0.250. The molecular weight excluding hydrogens is 279 g/mol. The third kappa shape index (κ3) is 3.36. The number of benzene rings is 2. The monoisotopic (exact) mass is 295 g/mol. The van der Waals surface area contributed by atoms with E-state index in [1.54, 1.807) is 19.2 Å². The molecule has 0 saturated carbocycles. The second-order valence-electron chi connectivity index (χ2n) is 4.91. The van der Waals surface area contributed by atoms with Gasteiger partial charge in [-0.25, -0.2) is 0 Å². The average Bonchev–Trinajstić information content (AvgIpc) is 2.45. The lowest BCUT2D eigenvalue weighted by Crippen LogP contribution is -2.17. The number of hydrogen-bond acceptors (Lipinski definition) is 2. The number of rotatable bonds is 3. The van der Waals surface area contributed by atoms with Crippen molar-refractivity contribution in [2.75, 3.05) is 11.9 Å². The Kier molecular flexibility index (Phi) is 4.23. The summed E-state index contributed by atoms with van der Waals surface area (Å²) in [5, 5.41) is 9.03. The van der Waals surface area contributed by atoms with E-state index in [0.717, 1.165) is 11.6 Å². The van der Waals surface area contributed by atoms with Crippen LogP contribution in [0.15, 0.2) is 42.5 Å². The largest absolute Gasteiger partial charge is 0.418 e. The van der Waals surface area contributed by atoms with Gasteiger partial charge in [0.05, 0.1) is 17.9 Å². The van der Waals surface area contributed by atoms with Crippen LogP contribution in [0.4, 0.5) is 24.5 Å². The van der Waals surface area contributed by atoms with Crippen LogP contribution in [-0.4, -0.2) is 12.2 Å². The molecule has 5 heteroatoms. The van der Waals surface area contributed by atoms with E-state index in [1.807, 2.05) is 19.1 Å². The van der Waals surface area contributed by atoms with Crippen LogP contribution in [0, 0.1) is 6.92 Å². The number of halogens is 3. The normalized spacial score (nSPS) is 11.5. The summed E-state index contributed by atoms with van der Waals surface area (Å²) in [5.41, 5.74) is 1.20. The maximum atomic E-state index is 13.2. The summed E-state index contributed by atoms with van der Waals surface area (Å²) in [6.45, 7) is 1.47. The van der Waals surface area contributed by atoms with Crippen molar-refractivity contribution in [1.29, 1.82) is 0 Å². The Morgan fingerprint density at radius 1 is 1.10 bits per heavy atom. The predicted octanol–water partition coefficient (Wildman–Crippen LogP) is 4.27. The Hall–Kier alpha value is -2.01. The quantitative estimate of drug-likeness (QED) is 0.914. The molecule has 2 rings (SSSR count). The lowest BCUT2D eigenvalue weighted by molar-refractivity contribution is -0.137. The molecule has 0 atom stereocenters. The minimum atomic E-state index is -4.47. The maximum absolute atomic E-state index is 13.2. The van der Waals surface area contributed by atoms with Gasteiger partial charge in [0, 0.05) is 12.7 Å². The SMILES string of the molecule is Cc1cccc(N(C)c2ccc(CO)cc2C(F)(F)F)c1. The predicted molar refractivity (Wildman–Crippen MR) is 76.6 cm³/mol. The van der Waals surface area contributed by atoms with Gasteiger partial charge < -0.3 is 10.0 Å². The second-order valence-corrected chi connectivity index (χ2v) is 4.91. The molecule has 0 spiro atoms. The molecule has 1 N–H and O–H groups in total. The summed E-state index contributed by atoms with van der Waals surface area (Å²) < 4.78 is 39.6. The van der Waals surface area contributed by atoms with Gasteiger partial charge in [0.15, 0.2) is 0 Å². The Balaban J connectivity index is 2.52. The Morgan fingerprint density at radius 2 is 1.81 bits per heavy atom. The molecule has 112 valence electrons. The molecular formula is C16H16F3NO. The van der Waals surface area contributed by atoms with E-state index in [2.05, 4.69) is 0 Å². The van der Waals surface area contributed by atoms with Crippen LogP contribution in [0.1, 0.15) is 16.7 Å². The fourth-order valence-electron chi connectivity index (χ4n) is 2.18. The van der Waals surface area contributed by atoms with E-state index >= 15 is 0 Å². The van der Waals surface area contributed by atoms with Gasteiger partial charge in [-0.05, 0) is 42.3 Å². The molecule has 0 aliphatic heterocycles. The summed E-state index contributed by atoms with van der Waals surface area (Å²) in [4.78, 5) is 1.50. The molecule has 0 radical (unpaired) electrons. The van der Waals surface area contributed by atoms with Crippen molar-refractivity contribution < 1.29 is 18.3 Å². The first-order valence-electron chi connectivity index (χ1n) is 6.44. The first kappa shape index (κ1) is 15.4. The fourth-order valence-corrected chi connectivity index (χ4v) is 2.18. The molecule has 0 aliphatic carbocycles. The third-order valence-electron chi connectivity index (χ3n) is 3.30. The molecule has 0 saturated heterocycles. The van der Waals surface area contributed by atoms with Gasteiger partial charge in [-0.1, -0.05) is 18.2 Å². The molecule has 0 amide bonds. The zero-order chi connectivity index (χ0) is 15.6. The van der Waals surface area contributed by atoms with Crippen LogP contribution in [0.2, 0.25) is 0 Å². The molecule has 0 heterocycles. The van der Waals surface area contributed by atoms with Crippen LogP contribution < -0.4 is 4.90 Å². The highest BCUT2D eigenvalue weighted by molar-refractivity contribution is 5.67. The van der Waals surface area contributed by atoms with Crippen molar-refractivity contribution in [3.63, 3.8) is 0 Å². The molecule has 0 aromatic heterocycles. The van der Waals surface area contributed by atoms with Gasteiger partial charge in [0.25, 0.3) is 0 Å². The van der Waals surface area contributed by atoms with Crippen LogP contribution >= 0.6 is 0 Å². The summed E-state index contributed by atoms with van der Waals surface area (Å²) in [5.74, 6) is 0. The molecule has 0 fully saturated rings. The van der Waals surface area contributed by atoms with Crippen molar-refractivity contribution >= 4 is 11.4 Å². The van der Waals surface area contributed by atoms with Crippen molar-refractivity contribution in [2.24, 2.45) is 0 Å². The van der Waals surface area contributed by atoms with Crippen LogP contribution in [0.5, 0.6) is 0 Å². The summed E-state index contributed by atoms with van der Waals surface area (Å²) >= 11 is 0. The second kappa shape index (κ2) is 5.77. The van der Waals surface area contributed by atoms with E-state index in [1.165, 1.54) is 17.0 Å². The third-order valence-corrected chi connectivity index (χ3v) is 3.30. The van der Waals surface area contributed by atoms with Gasteiger partial charge in [0.1, 0.15) is 0 Å². The number of anilines is 2. The highest BCUT2D eigenvalue weighted by Crippen LogP contribution is 2.39. The highest BCUT2D eigenvalue weighted by Gasteiger charge is 2.34. The van der Waals surface area contributed by atoms with Crippen molar-refractivity contribution in [3.8, 4) is 0 Å². The minimum Gasteiger partial charge on any atom is -0.392 e. The molecule has 0 unspecified atom stereocenters. The van der Waals surface area contributed by atoms with Gasteiger partial charge in [-0.15, -0.1) is 0 Å². The lowest BCUT2D eigenvalue weighted by Gasteiger charge is -2.24. The number of aliphatic hydroxyl groups is 1. The number of nitrogens with zero attached hydrogens (tertiary/aromatic N) is 1. The van der Waals surface area contributed by atoms with Gasteiger partial charge in [-0.3, -0.25) is 0 Å². The molecule has 0 aliphatic rings. The van der Waals surface area contributed by atoms with Gasteiger partial charge in [0.2, 0.25) is 0 Å². The average molecular weight is 295 g/mol. The first-order chi connectivity index (χ1) is 9.82. The van der Waals surface area contributed by atoms with Gasteiger partial charge in [-0.2, -0.15) is 13.2 Å². The van der Waals surface area contributed by atoms with Crippen molar-refractivity contribution in [3.05, 3.63) is 59.2 Å². The number of alkyl halides is 3. The molecule has 0 bridgehead atoms. The van der Waals surface area contributed by atoms with E-state index in [0.29, 0.717) is 5.69 Å². The molecule has 21 heavy (non-hydrogen) atoms. The molecule has 2 aromatic rings. The zero-order valence-corrected chi connectivity index (χ0v) is 11.8. The Morgan fingerprint density at radius 3 is 2.38 bits per heavy atom. The summed E-state index contributed by atoms with van der Waals surface area (Å²) in [6.07, 6.45) is -4.47. The van der Waals surface area contributed by atoms with Crippen molar-refractivity contribution in [1.82, 2.24) is 0 Å². The molecule has 2 aromatic carbocycles. The number of hydrogen-bond donors (Lipinski definition) is 1. The van der Waals surface area contributed by atoms with E-state index in [9.17, 15) is 13.2 Å². The molecule has 2 nitrogen and oxygen atoms in total. The van der Waals surface area contributed by atoms with Crippen LogP contribution in [0.3, 0.4) is 0 Å². The highest BCUT2D eigenvalue weighted by atomic mass is 19.4. The van der Waals surface area contributed by atoms with E-state index in [-0.39, 0.29) is 11.3 Å². The lowest BCUT2D eigenvalue weighted by atomic mass is 10.1. The standard InChI is InChI=1S/C16H16F3NO/c1-11-4-3-5-13(8-11)20(2)15-7-6-12(10-21)9-14(15)16(17,18)19/h3-9,21H,10H2,1-2H3. The first-order valence-corrected chi connectivity index (χ1v) is 6.44. The summed E-state index contributed by atoms with van der Waals surface area (Å²) in [6, 6.07) is 11.1. The van der Waals surface area contributed by atoms with Gasteiger partial charge >= 0.3 is 6.18 Å². The van der Waals surface area contributed by atoms with E-state index < -0.39 is 18.3 Å². The zero-order valence-electron chi connectivity index (χ0n) is 11.8. The Bertz CT molecular complexity index is 638. The smallest absolute Gasteiger partial charge is 0.392 e.